The number of halogens is 1. The van der Waals surface area contributed by atoms with Crippen LogP contribution in [0.2, 0.25) is 0 Å². The van der Waals surface area contributed by atoms with Crippen molar-refractivity contribution < 1.29 is 5.11 Å². The lowest BCUT2D eigenvalue weighted by atomic mass is 9.99. The molecule has 0 saturated heterocycles. The van der Waals surface area contributed by atoms with Gasteiger partial charge in [-0.3, -0.25) is 0 Å². The maximum atomic E-state index is 9.44. The minimum atomic E-state index is -0.0969. The number of aliphatic hydroxyl groups is 1. The Labute approximate surface area is 70.9 Å². The van der Waals surface area contributed by atoms with E-state index < -0.39 is 0 Å². The number of rotatable bonds is 0. The molecule has 1 aliphatic carbocycles. The molecule has 2 atom stereocenters. The van der Waals surface area contributed by atoms with E-state index in [4.69, 9.17) is 0 Å². The zero-order valence-corrected chi connectivity index (χ0v) is 7.81. The molecule has 0 radical (unpaired) electrons. The smallest absolute Gasteiger partial charge is 0.0665 e. The lowest BCUT2D eigenvalue weighted by Crippen LogP contribution is -2.21. The Hall–Kier alpha value is 0.440. The van der Waals surface area contributed by atoms with E-state index in [9.17, 15) is 5.11 Å². The van der Waals surface area contributed by atoms with Gasteiger partial charge in [0.1, 0.15) is 0 Å². The molecule has 0 aromatic rings. The minimum absolute atomic E-state index is 0.0969. The zero-order valence-electron chi connectivity index (χ0n) is 6.22. The van der Waals surface area contributed by atoms with E-state index in [2.05, 4.69) is 15.9 Å². The van der Waals surface area contributed by atoms with Crippen LogP contribution >= 0.6 is 15.9 Å². The maximum Gasteiger partial charge on any atom is 0.0665 e. The lowest BCUT2D eigenvalue weighted by Gasteiger charge is -2.19. The summed E-state index contributed by atoms with van der Waals surface area (Å²) < 4.78 is 0. The fourth-order valence-electron chi connectivity index (χ4n) is 1.42. The average molecular weight is 207 g/mol. The summed E-state index contributed by atoms with van der Waals surface area (Å²) in [5, 5.41) is 9.44. The SMILES string of the molecule is O[C@H]1CCCCCC[C@H]1Br. The number of aliphatic hydroxyl groups excluding tert-OH is 1. The summed E-state index contributed by atoms with van der Waals surface area (Å²) in [4.78, 5) is 0.354. The lowest BCUT2D eigenvalue weighted by molar-refractivity contribution is 0.150. The molecule has 0 aliphatic heterocycles. The molecule has 0 heterocycles. The van der Waals surface area contributed by atoms with Crippen LogP contribution in [-0.4, -0.2) is 16.0 Å². The standard InChI is InChI=1S/C8H15BrO/c9-7-5-3-1-2-4-6-8(7)10/h7-8,10H,1-6H2/t7-,8+/m1/s1. The second-order valence-corrected chi connectivity index (χ2v) is 4.25. The highest BCUT2D eigenvalue weighted by molar-refractivity contribution is 9.09. The molecular weight excluding hydrogens is 192 g/mol. The van der Waals surface area contributed by atoms with E-state index in [-0.39, 0.29) is 6.10 Å². The molecular formula is C8H15BrO. The summed E-state index contributed by atoms with van der Waals surface area (Å²) in [6, 6.07) is 0. The van der Waals surface area contributed by atoms with Crippen LogP contribution in [0.1, 0.15) is 38.5 Å². The van der Waals surface area contributed by atoms with Crippen LogP contribution in [0, 0.1) is 0 Å². The van der Waals surface area contributed by atoms with E-state index >= 15 is 0 Å². The predicted molar refractivity (Wildman–Crippen MR) is 46.4 cm³/mol. The van der Waals surface area contributed by atoms with Gasteiger partial charge in [-0.1, -0.05) is 41.6 Å². The summed E-state index contributed by atoms with van der Waals surface area (Å²) in [6.07, 6.45) is 7.14. The third kappa shape index (κ3) is 2.59. The average Bonchev–Trinajstić information content (AvgIpc) is 1.92. The van der Waals surface area contributed by atoms with Crippen LogP contribution in [-0.2, 0) is 0 Å². The van der Waals surface area contributed by atoms with Crippen LogP contribution in [0.15, 0.2) is 0 Å². The maximum absolute atomic E-state index is 9.44. The highest BCUT2D eigenvalue weighted by atomic mass is 79.9. The third-order valence-corrected chi connectivity index (χ3v) is 3.22. The van der Waals surface area contributed by atoms with Crippen LogP contribution in [0.3, 0.4) is 0 Å². The van der Waals surface area contributed by atoms with E-state index in [0.29, 0.717) is 4.83 Å². The molecule has 2 heteroatoms. The van der Waals surface area contributed by atoms with E-state index in [1.807, 2.05) is 0 Å². The summed E-state index contributed by atoms with van der Waals surface area (Å²) in [5.41, 5.74) is 0. The van der Waals surface area contributed by atoms with Gasteiger partial charge in [0, 0.05) is 4.83 Å². The number of hydrogen-bond donors (Lipinski definition) is 1. The molecule has 1 aliphatic rings. The molecule has 0 bridgehead atoms. The van der Waals surface area contributed by atoms with Gasteiger partial charge in [-0.05, 0) is 12.8 Å². The molecule has 0 aromatic heterocycles. The van der Waals surface area contributed by atoms with Crippen LogP contribution in [0.5, 0.6) is 0 Å². The van der Waals surface area contributed by atoms with Crippen LogP contribution < -0.4 is 0 Å². The second kappa shape index (κ2) is 4.35. The van der Waals surface area contributed by atoms with Gasteiger partial charge in [0.05, 0.1) is 6.10 Å². The Balaban J connectivity index is 2.28. The van der Waals surface area contributed by atoms with E-state index in [0.717, 1.165) is 12.8 Å². The molecule has 60 valence electrons. The van der Waals surface area contributed by atoms with Crippen molar-refractivity contribution in [1.29, 1.82) is 0 Å². The molecule has 1 fully saturated rings. The van der Waals surface area contributed by atoms with Crippen molar-refractivity contribution in [1.82, 2.24) is 0 Å². The fourth-order valence-corrected chi connectivity index (χ4v) is 2.01. The van der Waals surface area contributed by atoms with Crippen molar-refractivity contribution in [2.24, 2.45) is 0 Å². The van der Waals surface area contributed by atoms with Crippen molar-refractivity contribution in [3.8, 4) is 0 Å². The first-order chi connectivity index (χ1) is 4.80. The van der Waals surface area contributed by atoms with Crippen molar-refractivity contribution in [2.75, 3.05) is 0 Å². The summed E-state index contributed by atoms with van der Waals surface area (Å²) in [5.74, 6) is 0. The van der Waals surface area contributed by atoms with Crippen LogP contribution in [0.25, 0.3) is 0 Å². The topological polar surface area (TPSA) is 20.2 Å². The van der Waals surface area contributed by atoms with Gasteiger partial charge in [0.25, 0.3) is 0 Å². The van der Waals surface area contributed by atoms with E-state index in [1.54, 1.807) is 0 Å². The number of alkyl halides is 1. The van der Waals surface area contributed by atoms with Gasteiger partial charge < -0.3 is 5.11 Å². The van der Waals surface area contributed by atoms with Crippen molar-refractivity contribution >= 4 is 15.9 Å². The highest BCUT2D eigenvalue weighted by Crippen LogP contribution is 2.22. The van der Waals surface area contributed by atoms with Crippen molar-refractivity contribution in [3.63, 3.8) is 0 Å². The molecule has 1 saturated carbocycles. The Morgan fingerprint density at radius 1 is 1.00 bits per heavy atom. The largest absolute Gasteiger partial charge is 0.392 e. The summed E-state index contributed by atoms with van der Waals surface area (Å²) in [6.45, 7) is 0. The normalized spacial score (nSPS) is 36.6. The Kier molecular flexibility index (Phi) is 3.71. The first kappa shape index (κ1) is 8.54. The monoisotopic (exact) mass is 206 g/mol. The first-order valence-corrected chi connectivity index (χ1v) is 5.04. The van der Waals surface area contributed by atoms with Gasteiger partial charge in [-0.2, -0.15) is 0 Å². The fraction of sp³-hybridized carbons (Fsp3) is 1.00. The van der Waals surface area contributed by atoms with Gasteiger partial charge in [-0.15, -0.1) is 0 Å². The first-order valence-electron chi connectivity index (χ1n) is 4.13. The van der Waals surface area contributed by atoms with E-state index in [1.165, 1.54) is 25.7 Å². The predicted octanol–water partition coefficient (Wildman–Crippen LogP) is 2.47. The molecule has 1 N–H and O–H groups in total. The van der Waals surface area contributed by atoms with Gasteiger partial charge >= 0.3 is 0 Å². The molecule has 1 rings (SSSR count). The zero-order chi connectivity index (χ0) is 7.40. The molecule has 10 heavy (non-hydrogen) atoms. The summed E-state index contributed by atoms with van der Waals surface area (Å²) in [7, 11) is 0. The Bertz CT molecular complexity index is 83.3. The third-order valence-electron chi connectivity index (χ3n) is 2.15. The molecule has 0 amide bonds. The molecule has 0 aromatic carbocycles. The van der Waals surface area contributed by atoms with Crippen molar-refractivity contribution in [2.45, 2.75) is 49.5 Å². The quantitative estimate of drug-likeness (QED) is 0.605. The van der Waals surface area contributed by atoms with Gasteiger partial charge in [0.15, 0.2) is 0 Å². The van der Waals surface area contributed by atoms with Crippen LogP contribution in [0.4, 0.5) is 0 Å². The number of hydrogen-bond acceptors (Lipinski definition) is 1. The Morgan fingerprint density at radius 3 is 2.30 bits per heavy atom. The second-order valence-electron chi connectivity index (χ2n) is 3.07. The summed E-state index contributed by atoms with van der Waals surface area (Å²) >= 11 is 3.49. The van der Waals surface area contributed by atoms with Crippen molar-refractivity contribution in [3.05, 3.63) is 0 Å². The van der Waals surface area contributed by atoms with Gasteiger partial charge in [-0.25, -0.2) is 0 Å². The molecule has 0 unspecified atom stereocenters. The Morgan fingerprint density at radius 2 is 1.60 bits per heavy atom. The van der Waals surface area contributed by atoms with Gasteiger partial charge in [0.2, 0.25) is 0 Å². The molecule has 0 spiro atoms. The minimum Gasteiger partial charge on any atom is -0.392 e. The highest BCUT2D eigenvalue weighted by Gasteiger charge is 2.16. The molecule has 1 nitrogen and oxygen atoms in total.